The Morgan fingerprint density at radius 3 is 2.61 bits per heavy atom. The van der Waals surface area contributed by atoms with Gasteiger partial charge < -0.3 is 9.72 Å². The molecule has 2 aromatic carbocycles. The number of H-pyrrole nitrogens is 1. The van der Waals surface area contributed by atoms with Crippen molar-refractivity contribution in [2.45, 2.75) is 18.7 Å². The van der Waals surface area contributed by atoms with Crippen molar-refractivity contribution in [1.82, 2.24) is 9.97 Å². The minimum atomic E-state index is -3.66. The minimum Gasteiger partial charge on any atom is -0.496 e. The number of rotatable bonds is 4. The number of fused-ring (bicyclic) bond motifs is 1. The Morgan fingerprint density at radius 1 is 1.13 bits per heavy atom. The summed E-state index contributed by atoms with van der Waals surface area (Å²) in [6.45, 7) is 3.65. The van der Waals surface area contributed by atoms with Crippen molar-refractivity contribution in [3.63, 3.8) is 0 Å². The largest absolute Gasteiger partial charge is 0.496 e. The van der Waals surface area contributed by atoms with Crippen LogP contribution in [0.3, 0.4) is 0 Å². The van der Waals surface area contributed by atoms with Crippen LogP contribution in [0.25, 0.3) is 11.0 Å². The van der Waals surface area contributed by atoms with E-state index < -0.39 is 10.0 Å². The number of benzene rings is 2. The van der Waals surface area contributed by atoms with Gasteiger partial charge >= 0.3 is 0 Å². The standard InChI is InChI=1S/C16H17N3O3S/c1-10-8-13(5-7-16(10)22-3)23(20,21)19-12-4-6-14-15(9-12)18-11(2)17-14/h4-9,19H,1-3H3,(H,17,18). The first kappa shape index (κ1) is 15.4. The smallest absolute Gasteiger partial charge is 0.261 e. The maximum atomic E-state index is 12.5. The minimum absolute atomic E-state index is 0.191. The van der Waals surface area contributed by atoms with Crippen molar-refractivity contribution in [3.8, 4) is 5.75 Å². The molecule has 0 radical (unpaired) electrons. The number of aryl methyl sites for hydroxylation is 2. The summed E-state index contributed by atoms with van der Waals surface area (Å²) in [6, 6.07) is 9.94. The molecule has 6 nitrogen and oxygen atoms in total. The fraction of sp³-hybridized carbons (Fsp3) is 0.188. The zero-order valence-corrected chi connectivity index (χ0v) is 13.9. The molecular weight excluding hydrogens is 314 g/mol. The van der Waals surface area contributed by atoms with Crippen molar-refractivity contribution in [2.75, 3.05) is 11.8 Å². The molecule has 120 valence electrons. The monoisotopic (exact) mass is 331 g/mol. The van der Waals surface area contributed by atoms with Crippen LogP contribution < -0.4 is 9.46 Å². The average Bonchev–Trinajstić information content (AvgIpc) is 2.86. The van der Waals surface area contributed by atoms with E-state index in [1.165, 1.54) is 6.07 Å². The lowest BCUT2D eigenvalue weighted by atomic mass is 10.2. The summed E-state index contributed by atoms with van der Waals surface area (Å²) in [4.78, 5) is 7.57. The van der Waals surface area contributed by atoms with Gasteiger partial charge in [0.25, 0.3) is 10.0 Å². The predicted molar refractivity (Wildman–Crippen MR) is 89.4 cm³/mol. The van der Waals surface area contributed by atoms with Crippen molar-refractivity contribution >= 4 is 26.7 Å². The van der Waals surface area contributed by atoms with E-state index in [-0.39, 0.29) is 4.90 Å². The van der Waals surface area contributed by atoms with E-state index in [2.05, 4.69) is 14.7 Å². The molecule has 0 aliphatic heterocycles. The number of nitrogens with zero attached hydrogens (tertiary/aromatic N) is 1. The molecule has 0 aliphatic carbocycles. The first-order chi connectivity index (χ1) is 10.9. The molecule has 0 amide bonds. The first-order valence-electron chi connectivity index (χ1n) is 7.03. The third-order valence-electron chi connectivity index (χ3n) is 3.53. The molecule has 0 fully saturated rings. The number of nitrogens with one attached hydrogen (secondary N) is 2. The van der Waals surface area contributed by atoms with E-state index in [1.54, 1.807) is 44.4 Å². The van der Waals surface area contributed by atoms with Gasteiger partial charge in [-0.25, -0.2) is 13.4 Å². The fourth-order valence-corrected chi connectivity index (χ4v) is 3.57. The number of imidazole rings is 1. The van der Waals surface area contributed by atoms with Crippen LogP contribution in [0.15, 0.2) is 41.3 Å². The van der Waals surface area contributed by atoms with Gasteiger partial charge in [0.1, 0.15) is 11.6 Å². The van der Waals surface area contributed by atoms with E-state index in [9.17, 15) is 8.42 Å². The Kier molecular flexibility index (Phi) is 3.73. The van der Waals surface area contributed by atoms with Crippen LogP contribution in [0, 0.1) is 13.8 Å². The third-order valence-corrected chi connectivity index (χ3v) is 4.91. The number of hydrogen-bond acceptors (Lipinski definition) is 4. The Hall–Kier alpha value is -2.54. The van der Waals surface area contributed by atoms with Crippen LogP contribution in [0.5, 0.6) is 5.75 Å². The van der Waals surface area contributed by atoms with Crippen LogP contribution in [0.2, 0.25) is 0 Å². The van der Waals surface area contributed by atoms with Crippen molar-refractivity contribution in [3.05, 3.63) is 47.8 Å². The fourth-order valence-electron chi connectivity index (χ4n) is 2.43. The summed E-state index contributed by atoms with van der Waals surface area (Å²) < 4.78 is 32.8. The number of anilines is 1. The number of methoxy groups -OCH3 is 1. The van der Waals surface area contributed by atoms with Gasteiger partial charge in [-0.05, 0) is 55.8 Å². The highest BCUT2D eigenvalue weighted by Gasteiger charge is 2.16. The zero-order valence-electron chi connectivity index (χ0n) is 13.0. The van der Waals surface area contributed by atoms with Gasteiger partial charge in [-0.2, -0.15) is 0 Å². The van der Waals surface area contributed by atoms with Gasteiger partial charge in [0, 0.05) is 0 Å². The molecule has 0 aliphatic rings. The van der Waals surface area contributed by atoms with E-state index in [1.807, 2.05) is 6.92 Å². The number of aromatic nitrogens is 2. The second kappa shape index (κ2) is 5.58. The molecule has 2 N–H and O–H groups in total. The highest BCUT2D eigenvalue weighted by atomic mass is 32.2. The Labute approximate surface area is 134 Å². The number of sulfonamides is 1. The van der Waals surface area contributed by atoms with E-state index in [4.69, 9.17) is 4.74 Å². The molecule has 1 aromatic heterocycles. The number of ether oxygens (including phenoxy) is 1. The van der Waals surface area contributed by atoms with Gasteiger partial charge in [0.05, 0.1) is 28.7 Å². The molecule has 23 heavy (non-hydrogen) atoms. The summed E-state index contributed by atoms with van der Waals surface area (Å²) >= 11 is 0. The average molecular weight is 331 g/mol. The van der Waals surface area contributed by atoms with Crippen LogP contribution in [-0.4, -0.2) is 25.5 Å². The highest BCUT2D eigenvalue weighted by molar-refractivity contribution is 7.92. The predicted octanol–water partition coefficient (Wildman–Crippen LogP) is 2.99. The molecule has 0 atom stereocenters. The lowest BCUT2D eigenvalue weighted by molar-refractivity contribution is 0.411. The van der Waals surface area contributed by atoms with Crippen molar-refractivity contribution in [1.29, 1.82) is 0 Å². The van der Waals surface area contributed by atoms with E-state index in [0.29, 0.717) is 11.4 Å². The molecule has 0 spiro atoms. The maximum Gasteiger partial charge on any atom is 0.261 e. The summed E-state index contributed by atoms with van der Waals surface area (Å²) in [5, 5.41) is 0. The third kappa shape index (κ3) is 3.00. The summed E-state index contributed by atoms with van der Waals surface area (Å²) in [5.41, 5.74) is 2.82. The summed E-state index contributed by atoms with van der Waals surface area (Å²) in [5.74, 6) is 1.43. The van der Waals surface area contributed by atoms with Crippen LogP contribution in [0.1, 0.15) is 11.4 Å². The summed E-state index contributed by atoms with van der Waals surface area (Å²) in [7, 11) is -2.11. The molecule has 0 saturated carbocycles. The van der Waals surface area contributed by atoms with Crippen molar-refractivity contribution in [2.24, 2.45) is 0 Å². The zero-order chi connectivity index (χ0) is 16.6. The van der Waals surface area contributed by atoms with E-state index >= 15 is 0 Å². The molecule has 0 bridgehead atoms. The second-order valence-electron chi connectivity index (χ2n) is 5.29. The molecular formula is C16H17N3O3S. The maximum absolute atomic E-state index is 12.5. The van der Waals surface area contributed by atoms with Gasteiger partial charge in [0.15, 0.2) is 0 Å². The van der Waals surface area contributed by atoms with Gasteiger partial charge in [-0.3, -0.25) is 4.72 Å². The van der Waals surface area contributed by atoms with E-state index in [0.717, 1.165) is 22.4 Å². The molecule has 0 unspecified atom stereocenters. The molecule has 3 aromatic rings. The molecule has 0 saturated heterocycles. The van der Waals surface area contributed by atoms with Gasteiger partial charge in [0.2, 0.25) is 0 Å². The van der Waals surface area contributed by atoms with Crippen molar-refractivity contribution < 1.29 is 13.2 Å². The lowest BCUT2D eigenvalue weighted by Crippen LogP contribution is -2.13. The quantitative estimate of drug-likeness (QED) is 0.770. The normalized spacial score (nSPS) is 11.6. The molecule has 1 heterocycles. The van der Waals surface area contributed by atoms with Crippen LogP contribution >= 0.6 is 0 Å². The number of aromatic amines is 1. The Bertz CT molecular complexity index is 977. The Morgan fingerprint density at radius 2 is 1.91 bits per heavy atom. The second-order valence-corrected chi connectivity index (χ2v) is 6.97. The topological polar surface area (TPSA) is 84.1 Å². The SMILES string of the molecule is COc1ccc(S(=O)(=O)Nc2ccc3nc(C)[nH]c3c2)cc1C. The Balaban J connectivity index is 1.94. The van der Waals surface area contributed by atoms with Gasteiger partial charge in [-0.1, -0.05) is 0 Å². The molecule has 3 rings (SSSR count). The first-order valence-corrected chi connectivity index (χ1v) is 8.51. The van der Waals surface area contributed by atoms with Crippen LogP contribution in [-0.2, 0) is 10.0 Å². The van der Waals surface area contributed by atoms with Crippen LogP contribution in [0.4, 0.5) is 5.69 Å². The molecule has 7 heteroatoms. The number of hydrogen-bond donors (Lipinski definition) is 2. The highest BCUT2D eigenvalue weighted by Crippen LogP contribution is 2.24. The summed E-state index contributed by atoms with van der Waals surface area (Å²) in [6.07, 6.45) is 0. The van der Waals surface area contributed by atoms with Gasteiger partial charge in [-0.15, -0.1) is 0 Å². The lowest BCUT2D eigenvalue weighted by Gasteiger charge is -2.10.